The minimum absolute atomic E-state index is 0.0423. The average Bonchev–Trinajstić information content (AvgIpc) is 2.43. The highest BCUT2D eigenvalue weighted by atomic mass is 32.2. The fraction of sp³-hybridized carbons (Fsp3) is 0.571. The van der Waals surface area contributed by atoms with Crippen LogP contribution in [0.3, 0.4) is 0 Å². The van der Waals surface area contributed by atoms with E-state index in [4.69, 9.17) is 4.74 Å². The first kappa shape index (κ1) is 18.1. The Labute approximate surface area is 129 Å². The number of rotatable bonds is 9. The van der Waals surface area contributed by atoms with Gasteiger partial charge >= 0.3 is 0 Å². The van der Waals surface area contributed by atoms with E-state index in [9.17, 15) is 12.6 Å². The Morgan fingerprint density at radius 3 is 2.38 bits per heavy atom. The topological polar surface area (TPSA) is 72.5 Å². The molecule has 1 rings (SSSR count). The Morgan fingerprint density at radius 2 is 1.90 bits per heavy atom. The van der Waals surface area contributed by atoms with Crippen molar-refractivity contribution in [1.82, 2.24) is 5.32 Å². The molecule has 0 heterocycles. The molecular weight excluding hydrogens is 310 g/mol. The predicted octanol–water partition coefficient (Wildman–Crippen LogP) is 1.14. The number of sulfone groups is 1. The van der Waals surface area contributed by atoms with Gasteiger partial charge in [0.2, 0.25) is 0 Å². The minimum Gasteiger partial charge on any atom is -0.494 e. The summed E-state index contributed by atoms with van der Waals surface area (Å²) in [6.45, 7) is 2.54. The maximum atomic E-state index is 12.0. The molecule has 5 nitrogen and oxygen atoms in total. The van der Waals surface area contributed by atoms with Gasteiger partial charge in [0, 0.05) is 34.6 Å². The van der Waals surface area contributed by atoms with Crippen molar-refractivity contribution >= 4 is 20.6 Å². The predicted molar refractivity (Wildman–Crippen MR) is 87.0 cm³/mol. The Bertz CT molecular complexity index is 555. The van der Waals surface area contributed by atoms with Crippen LogP contribution in [0.25, 0.3) is 0 Å². The highest BCUT2D eigenvalue weighted by molar-refractivity contribution is 7.92. The summed E-state index contributed by atoms with van der Waals surface area (Å²) >= 11 is 0. The van der Waals surface area contributed by atoms with Crippen molar-refractivity contribution in [2.45, 2.75) is 13.0 Å². The van der Waals surface area contributed by atoms with Crippen LogP contribution >= 0.6 is 0 Å². The molecule has 1 aromatic rings. The third-order valence-electron chi connectivity index (χ3n) is 2.98. The number of hydrogen-bond acceptors (Lipinski definition) is 5. The van der Waals surface area contributed by atoms with Gasteiger partial charge in [-0.2, -0.15) is 0 Å². The summed E-state index contributed by atoms with van der Waals surface area (Å²) in [5.74, 6) is 1.32. The van der Waals surface area contributed by atoms with Crippen LogP contribution < -0.4 is 10.1 Å². The normalized spacial score (nSPS) is 14.6. The van der Waals surface area contributed by atoms with E-state index >= 15 is 0 Å². The van der Waals surface area contributed by atoms with Gasteiger partial charge in [-0.1, -0.05) is 12.1 Å². The van der Waals surface area contributed by atoms with Gasteiger partial charge in [0.05, 0.1) is 12.4 Å². The Morgan fingerprint density at radius 1 is 1.29 bits per heavy atom. The van der Waals surface area contributed by atoms with Crippen LogP contribution in [0.5, 0.6) is 5.75 Å². The zero-order valence-corrected chi connectivity index (χ0v) is 14.3. The smallest absolute Gasteiger partial charge is 0.148 e. The molecule has 0 fully saturated rings. The third-order valence-corrected chi connectivity index (χ3v) is 5.54. The van der Waals surface area contributed by atoms with E-state index in [2.05, 4.69) is 5.32 Å². The van der Waals surface area contributed by atoms with E-state index in [-0.39, 0.29) is 17.5 Å². The molecule has 0 spiro atoms. The SMILES string of the molecule is CCOc1ccc(C(CS(=O)CCS(C)(=O)=O)NC)cc1. The van der Waals surface area contributed by atoms with E-state index in [0.29, 0.717) is 12.4 Å². The van der Waals surface area contributed by atoms with Crippen molar-refractivity contribution in [2.24, 2.45) is 0 Å². The molecule has 1 aromatic carbocycles. The van der Waals surface area contributed by atoms with E-state index in [1.165, 1.54) is 0 Å². The largest absolute Gasteiger partial charge is 0.494 e. The van der Waals surface area contributed by atoms with Crippen molar-refractivity contribution in [3.8, 4) is 5.75 Å². The van der Waals surface area contributed by atoms with Gasteiger partial charge in [-0.3, -0.25) is 4.21 Å². The molecule has 2 atom stereocenters. The molecule has 0 aliphatic rings. The number of hydrogen-bond donors (Lipinski definition) is 1. The second-order valence-corrected chi connectivity index (χ2v) is 8.66. The Hall–Kier alpha value is -0.920. The second-order valence-electron chi connectivity index (χ2n) is 4.78. The average molecular weight is 333 g/mol. The number of benzene rings is 1. The highest BCUT2D eigenvalue weighted by Gasteiger charge is 2.15. The van der Waals surface area contributed by atoms with E-state index < -0.39 is 20.6 Å². The Kier molecular flexibility index (Phi) is 7.34. The second kappa shape index (κ2) is 8.51. The molecule has 7 heteroatoms. The summed E-state index contributed by atoms with van der Waals surface area (Å²) in [7, 11) is -2.45. The first-order chi connectivity index (χ1) is 9.85. The molecule has 0 radical (unpaired) electrons. The summed E-state index contributed by atoms with van der Waals surface area (Å²) in [5, 5.41) is 3.11. The quantitative estimate of drug-likeness (QED) is 0.734. The number of ether oxygens (including phenoxy) is 1. The highest BCUT2D eigenvalue weighted by Crippen LogP contribution is 2.18. The van der Waals surface area contributed by atoms with Crippen LogP contribution in [-0.2, 0) is 20.6 Å². The minimum atomic E-state index is -3.07. The van der Waals surface area contributed by atoms with Crippen LogP contribution in [0.4, 0.5) is 0 Å². The van der Waals surface area contributed by atoms with Crippen molar-refractivity contribution in [2.75, 3.05) is 37.2 Å². The molecule has 0 aliphatic carbocycles. The molecule has 120 valence electrons. The molecule has 0 bridgehead atoms. The lowest BCUT2D eigenvalue weighted by molar-refractivity contribution is 0.340. The maximum Gasteiger partial charge on any atom is 0.148 e. The number of nitrogens with one attached hydrogen (secondary N) is 1. The molecule has 0 saturated carbocycles. The van der Waals surface area contributed by atoms with Gasteiger partial charge in [-0.25, -0.2) is 8.42 Å². The van der Waals surface area contributed by atoms with E-state index in [0.717, 1.165) is 17.6 Å². The van der Waals surface area contributed by atoms with Crippen molar-refractivity contribution < 1.29 is 17.4 Å². The monoisotopic (exact) mass is 333 g/mol. The summed E-state index contributed by atoms with van der Waals surface area (Å²) in [5.41, 5.74) is 1.01. The van der Waals surface area contributed by atoms with Gasteiger partial charge in [0.25, 0.3) is 0 Å². The molecule has 0 saturated heterocycles. The third kappa shape index (κ3) is 7.06. The zero-order chi connectivity index (χ0) is 15.9. The molecule has 0 aliphatic heterocycles. The van der Waals surface area contributed by atoms with Gasteiger partial charge < -0.3 is 10.1 Å². The molecular formula is C14H23NO4S2. The van der Waals surface area contributed by atoms with Crippen LogP contribution in [0.2, 0.25) is 0 Å². The first-order valence-electron chi connectivity index (χ1n) is 6.78. The lowest BCUT2D eigenvalue weighted by Crippen LogP contribution is -2.25. The zero-order valence-electron chi connectivity index (χ0n) is 12.7. The van der Waals surface area contributed by atoms with Crippen LogP contribution in [0, 0.1) is 0 Å². The Balaban J connectivity index is 2.63. The van der Waals surface area contributed by atoms with Gasteiger partial charge in [-0.05, 0) is 31.7 Å². The molecule has 21 heavy (non-hydrogen) atoms. The van der Waals surface area contributed by atoms with Crippen LogP contribution in [-0.4, -0.2) is 49.8 Å². The fourth-order valence-corrected chi connectivity index (χ4v) is 4.67. The summed E-state index contributed by atoms with van der Waals surface area (Å²) < 4.78 is 39.6. The lowest BCUT2D eigenvalue weighted by atomic mass is 10.1. The van der Waals surface area contributed by atoms with Crippen molar-refractivity contribution in [1.29, 1.82) is 0 Å². The lowest BCUT2D eigenvalue weighted by Gasteiger charge is -2.16. The molecule has 2 unspecified atom stereocenters. The summed E-state index contributed by atoms with van der Waals surface area (Å²) in [6.07, 6.45) is 1.16. The molecule has 0 amide bonds. The molecule has 0 aromatic heterocycles. The standard InChI is InChI=1S/C14H23NO4S2/c1-4-19-13-7-5-12(6-8-13)14(15-2)11-20(16)9-10-21(3,17)18/h5-8,14-15H,4,9-11H2,1-3H3. The maximum absolute atomic E-state index is 12.0. The van der Waals surface area contributed by atoms with Crippen molar-refractivity contribution in [3.05, 3.63) is 29.8 Å². The van der Waals surface area contributed by atoms with Crippen molar-refractivity contribution in [3.63, 3.8) is 0 Å². The van der Waals surface area contributed by atoms with E-state index in [1.54, 1.807) is 7.05 Å². The molecule has 1 N–H and O–H groups in total. The summed E-state index contributed by atoms with van der Waals surface area (Å²) in [6, 6.07) is 7.55. The van der Waals surface area contributed by atoms with Gasteiger partial charge in [0.1, 0.15) is 15.6 Å². The summed E-state index contributed by atoms with van der Waals surface area (Å²) in [4.78, 5) is 0. The fourth-order valence-electron chi connectivity index (χ4n) is 1.82. The van der Waals surface area contributed by atoms with Gasteiger partial charge in [0.15, 0.2) is 0 Å². The van der Waals surface area contributed by atoms with Gasteiger partial charge in [-0.15, -0.1) is 0 Å². The first-order valence-corrected chi connectivity index (χ1v) is 10.3. The van der Waals surface area contributed by atoms with E-state index in [1.807, 2.05) is 31.2 Å². The van der Waals surface area contributed by atoms with Crippen LogP contribution in [0.1, 0.15) is 18.5 Å². The van der Waals surface area contributed by atoms with Crippen LogP contribution in [0.15, 0.2) is 24.3 Å².